The molecule has 0 fully saturated rings. The van der Waals surface area contributed by atoms with Crippen LogP contribution in [-0.4, -0.2) is 21.1 Å². The molecule has 0 aromatic carbocycles. The summed E-state index contributed by atoms with van der Waals surface area (Å²) in [5, 5.41) is 9.35. The molecular weight excluding hydrogens is 142 g/mol. The highest BCUT2D eigenvalue weighted by atomic mass is 16.3. The van der Waals surface area contributed by atoms with Crippen molar-refractivity contribution in [2.45, 2.75) is 19.1 Å². The third kappa shape index (κ3) is 1.96. The highest BCUT2D eigenvalue weighted by Gasteiger charge is 2.13. The first-order valence-corrected chi connectivity index (χ1v) is 3.42. The van der Waals surface area contributed by atoms with Crippen molar-refractivity contribution in [2.24, 2.45) is 5.73 Å². The molecule has 1 aromatic rings. The summed E-state index contributed by atoms with van der Waals surface area (Å²) in [7, 11) is 0. The topological polar surface area (TPSA) is 72.0 Å². The molecule has 0 spiro atoms. The predicted molar refractivity (Wildman–Crippen MR) is 40.6 cm³/mol. The molecule has 4 heteroatoms. The molecule has 1 unspecified atom stereocenters. The van der Waals surface area contributed by atoms with Gasteiger partial charge in [-0.3, -0.25) is 0 Å². The van der Waals surface area contributed by atoms with Crippen LogP contribution in [0.3, 0.4) is 0 Å². The van der Waals surface area contributed by atoms with E-state index in [0.29, 0.717) is 5.82 Å². The molecule has 3 N–H and O–H groups in total. The molecule has 0 aliphatic carbocycles. The van der Waals surface area contributed by atoms with Crippen LogP contribution in [0, 0.1) is 0 Å². The number of aliphatic hydroxyl groups excluding tert-OH is 1. The Morgan fingerprint density at radius 2 is 2.00 bits per heavy atom. The monoisotopic (exact) mass is 153 g/mol. The van der Waals surface area contributed by atoms with Crippen molar-refractivity contribution in [3.63, 3.8) is 0 Å². The number of hydrogen-bond acceptors (Lipinski definition) is 4. The van der Waals surface area contributed by atoms with Crippen molar-refractivity contribution in [3.05, 3.63) is 24.3 Å². The summed E-state index contributed by atoms with van der Waals surface area (Å²) in [6, 6.07) is 1.36. The maximum atomic E-state index is 9.35. The first-order valence-electron chi connectivity index (χ1n) is 3.42. The second-order valence-corrected chi connectivity index (χ2v) is 2.41. The molecule has 0 saturated carbocycles. The number of hydrogen-bond donors (Lipinski definition) is 2. The van der Waals surface area contributed by atoms with Crippen LogP contribution in [0.1, 0.15) is 18.9 Å². The Balaban J connectivity index is 2.77. The molecule has 0 amide bonds. The molecule has 1 rings (SSSR count). The van der Waals surface area contributed by atoms with Gasteiger partial charge in [-0.1, -0.05) is 0 Å². The van der Waals surface area contributed by atoms with E-state index in [0.717, 1.165) is 0 Å². The minimum Gasteiger partial charge on any atom is -0.383 e. The fourth-order valence-electron chi connectivity index (χ4n) is 0.698. The molecule has 60 valence electrons. The van der Waals surface area contributed by atoms with Gasteiger partial charge in [-0.05, 0) is 13.0 Å². The molecule has 0 radical (unpaired) electrons. The molecule has 1 aromatic heterocycles. The van der Waals surface area contributed by atoms with Crippen molar-refractivity contribution < 1.29 is 5.11 Å². The van der Waals surface area contributed by atoms with Crippen LogP contribution in [0.4, 0.5) is 0 Å². The van der Waals surface area contributed by atoms with Gasteiger partial charge in [-0.25, -0.2) is 9.97 Å². The lowest BCUT2D eigenvalue weighted by Crippen LogP contribution is -2.25. The lowest BCUT2D eigenvalue weighted by molar-refractivity contribution is 0.143. The molecule has 11 heavy (non-hydrogen) atoms. The second-order valence-electron chi connectivity index (χ2n) is 2.41. The van der Waals surface area contributed by atoms with E-state index in [-0.39, 0.29) is 6.04 Å². The zero-order valence-corrected chi connectivity index (χ0v) is 6.31. The fraction of sp³-hybridized carbons (Fsp3) is 0.429. The van der Waals surface area contributed by atoms with Crippen LogP contribution in [-0.2, 0) is 0 Å². The molecule has 0 aliphatic rings. The van der Waals surface area contributed by atoms with Crippen molar-refractivity contribution in [3.8, 4) is 0 Å². The summed E-state index contributed by atoms with van der Waals surface area (Å²) < 4.78 is 0. The normalized spacial score (nSPS) is 15.9. The molecule has 1 heterocycles. The Morgan fingerprint density at radius 1 is 1.45 bits per heavy atom. The van der Waals surface area contributed by atoms with Crippen LogP contribution in [0.15, 0.2) is 18.5 Å². The third-order valence-electron chi connectivity index (χ3n) is 1.35. The molecule has 4 nitrogen and oxygen atoms in total. The third-order valence-corrected chi connectivity index (χ3v) is 1.35. The van der Waals surface area contributed by atoms with E-state index < -0.39 is 6.10 Å². The zero-order valence-electron chi connectivity index (χ0n) is 6.31. The van der Waals surface area contributed by atoms with Gasteiger partial charge in [-0.15, -0.1) is 0 Å². The van der Waals surface area contributed by atoms with Gasteiger partial charge >= 0.3 is 0 Å². The average Bonchev–Trinajstić information content (AvgIpc) is 2.05. The number of nitrogens with zero attached hydrogens (tertiary/aromatic N) is 2. The number of nitrogens with two attached hydrogens (primary N) is 1. The Hall–Kier alpha value is -1.00. The van der Waals surface area contributed by atoms with E-state index in [4.69, 9.17) is 5.73 Å². The van der Waals surface area contributed by atoms with Crippen molar-refractivity contribution >= 4 is 0 Å². The summed E-state index contributed by atoms with van der Waals surface area (Å²) in [5.74, 6) is 0.377. The largest absolute Gasteiger partial charge is 0.383 e. The second kappa shape index (κ2) is 3.41. The summed E-state index contributed by atoms with van der Waals surface area (Å²) in [4.78, 5) is 7.72. The van der Waals surface area contributed by atoms with Gasteiger partial charge in [0.15, 0.2) is 5.82 Å². The quantitative estimate of drug-likeness (QED) is 0.620. The highest BCUT2D eigenvalue weighted by molar-refractivity contribution is 4.94. The molecule has 0 aliphatic heterocycles. The van der Waals surface area contributed by atoms with Crippen molar-refractivity contribution in [1.82, 2.24) is 9.97 Å². The number of aromatic nitrogens is 2. The lowest BCUT2D eigenvalue weighted by atomic mass is 10.2. The Bertz CT molecular complexity index is 212. The standard InChI is InChI=1S/C7H11N3O/c1-5(8)6(11)7-9-3-2-4-10-7/h2-6,11H,8H2,1H3/t5-,6?/m0/s1. The zero-order chi connectivity index (χ0) is 8.27. The van der Waals surface area contributed by atoms with Gasteiger partial charge in [0.2, 0.25) is 0 Å². The fourth-order valence-corrected chi connectivity index (χ4v) is 0.698. The number of rotatable bonds is 2. The average molecular weight is 153 g/mol. The molecule has 0 bridgehead atoms. The first-order chi connectivity index (χ1) is 5.22. The van der Waals surface area contributed by atoms with Gasteiger partial charge in [0.05, 0.1) is 0 Å². The first kappa shape index (κ1) is 8.10. The van der Waals surface area contributed by atoms with Gasteiger partial charge in [0.1, 0.15) is 6.10 Å². The van der Waals surface area contributed by atoms with Crippen molar-refractivity contribution in [1.29, 1.82) is 0 Å². The minimum absolute atomic E-state index is 0.336. The Labute approximate surface area is 65.1 Å². The summed E-state index contributed by atoms with van der Waals surface area (Å²) in [5.41, 5.74) is 5.44. The molecule has 0 saturated heterocycles. The smallest absolute Gasteiger partial charge is 0.158 e. The maximum Gasteiger partial charge on any atom is 0.158 e. The Kier molecular flexibility index (Phi) is 2.51. The van der Waals surface area contributed by atoms with E-state index in [1.54, 1.807) is 25.4 Å². The van der Waals surface area contributed by atoms with Gasteiger partial charge in [0, 0.05) is 18.4 Å². The van der Waals surface area contributed by atoms with Crippen LogP contribution in [0.2, 0.25) is 0 Å². The molecular formula is C7H11N3O. The van der Waals surface area contributed by atoms with Crippen molar-refractivity contribution in [2.75, 3.05) is 0 Å². The van der Waals surface area contributed by atoms with Gasteiger partial charge < -0.3 is 10.8 Å². The maximum absolute atomic E-state index is 9.35. The van der Waals surface area contributed by atoms with E-state index in [2.05, 4.69) is 9.97 Å². The number of aliphatic hydroxyl groups is 1. The van der Waals surface area contributed by atoms with E-state index in [9.17, 15) is 5.11 Å². The van der Waals surface area contributed by atoms with Gasteiger partial charge in [-0.2, -0.15) is 0 Å². The van der Waals surface area contributed by atoms with E-state index in [1.165, 1.54) is 0 Å². The summed E-state index contributed by atoms with van der Waals surface area (Å²) in [6.07, 6.45) is 2.39. The van der Waals surface area contributed by atoms with Crippen LogP contribution in [0.25, 0.3) is 0 Å². The van der Waals surface area contributed by atoms with Gasteiger partial charge in [0.25, 0.3) is 0 Å². The Morgan fingerprint density at radius 3 is 2.45 bits per heavy atom. The minimum atomic E-state index is -0.767. The summed E-state index contributed by atoms with van der Waals surface area (Å²) >= 11 is 0. The highest BCUT2D eigenvalue weighted by Crippen LogP contribution is 2.07. The lowest BCUT2D eigenvalue weighted by Gasteiger charge is -2.11. The van der Waals surface area contributed by atoms with Crippen LogP contribution in [0.5, 0.6) is 0 Å². The van der Waals surface area contributed by atoms with Crippen LogP contribution >= 0.6 is 0 Å². The predicted octanol–water partition coefficient (Wildman–Crippen LogP) is -0.143. The van der Waals surface area contributed by atoms with E-state index in [1.807, 2.05) is 0 Å². The summed E-state index contributed by atoms with van der Waals surface area (Å²) in [6.45, 7) is 1.71. The SMILES string of the molecule is C[C@H](N)C(O)c1ncccn1. The molecule has 2 atom stereocenters. The van der Waals surface area contributed by atoms with Crippen LogP contribution < -0.4 is 5.73 Å². The van der Waals surface area contributed by atoms with E-state index >= 15 is 0 Å².